The molecule has 108 valence electrons. The topological polar surface area (TPSA) is 57.4 Å². The smallest absolute Gasteiger partial charge is 0.140 e. The zero-order valence-electron chi connectivity index (χ0n) is 12.1. The minimum Gasteiger partial charge on any atom is -0.497 e. The van der Waals surface area contributed by atoms with Crippen molar-refractivity contribution >= 4 is 11.3 Å². The maximum atomic E-state index is 5.96. The number of aryl methyl sites for hydroxylation is 1. The van der Waals surface area contributed by atoms with Gasteiger partial charge in [0.1, 0.15) is 23.1 Å². The van der Waals surface area contributed by atoms with Gasteiger partial charge in [-0.15, -0.1) is 11.3 Å². The molecule has 0 radical (unpaired) electrons. The van der Waals surface area contributed by atoms with E-state index in [4.69, 9.17) is 15.2 Å². The first-order valence-electron chi connectivity index (χ1n) is 6.65. The molecule has 1 unspecified atom stereocenters. The van der Waals surface area contributed by atoms with Crippen LogP contribution in [0.4, 0.5) is 0 Å². The van der Waals surface area contributed by atoms with Crippen LogP contribution in [0.2, 0.25) is 0 Å². The van der Waals surface area contributed by atoms with Crippen molar-refractivity contribution in [2.75, 3.05) is 7.11 Å². The highest BCUT2D eigenvalue weighted by molar-refractivity contribution is 7.11. The molecule has 1 aromatic heterocycles. The number of hydrogen-bond donors (Lipinski definition) is 1. The highest BCUT2D eigenvalue weighted by Gasteiger charge is 2.13. The average Bonchev–Trinajstić information content (AvgIpc) is 2.89. The molecular formula is C15H20N2O2S. The number of aromatic nitrogens is 1. The largest absolute Gasteiger partial charge is 0.497 e. The van der Waals surface area contributed by atoms with E-state index in [-0.39, 0.29) is 6.04 Å². The Labute approximate surface area is 123 Å². The van der Waals surface area contributed by atoms with Crippen molar-refractivity contribution in [1.82, 2.24) is 4.98 Å². The lowest BCUT2D eigenvalue weighted by Crippen LogP contribution is -2.05. The number of nitrogens with two attached hydrogens (primary N) is 1. The molecule has 0 amide bonds. The molecule has 0 spiro atoms. The molecule has 1 heterocycles. The molecule has 0 aliphatic carbocycles. The van der Waals surface area contributed by atoms with Crippen LogP contribution in [-0.2, 0) is 13.0 Å². The Morgan fingerprint density at radius 2 is 1.90 bits per heavy atom. The first-order valence-corrected chi connectivity index (χ1v) is 7.46. The maximum Gasteiger partial charge on any atom is 0.140 e. The maximum absolute atomic E-state index is 5.96. The first kappa shape index (κ1) is 14.8. The van der Waals surface area contributed by atoms with E-state index in [1.807, 2.05) is 31.2 Å². The molecule has 1 aromatic carbocycles. The van der Waals surface area contributed by atoms with Crippen molar-refractivity contribution in [1.29, 1.82) is 0 Å². The Morgan fingerprint density at radius 3 is 2.40 bits per heavy atom. The lowest BCUT2D eigenvalue weighted by atomic mass is 10.2. The van der Waals surface area contributed by atoms with Gasteiger partial charge in [0.25, 0.3) is 0 Å². The normalized spacial score (nSPS) is 12.2. The van der Waals surface area contributed by atoms with Crippen molar-refractivity contribution < 1.29 is 9.47 Å². The second kappa shape index (κ2) is 6.72. The van der Waals surface area contributed by atoms with Crippen molar-refractivity contribution in [3.05, 3.63) is 39.8 Å². The van der Waals surface area contributed by atoms with Crippen LogP contribution in [0.15, 0.2) is 24.3 Å². The summed E-state index contributed by atoms with van der Waals surface area (Å²) in [6.07, 6.45) is 0.899. The van der Waals surface area contributed by atoms with Gasteiger partial charge in [0.15, 0.2) is 0 Å². The van der Waals surface area contributed by atoms with Gasteiger partial charge in [-0.3, -0.25) is 0 Å². The summed E-state index contributed by atoms with van der Waals surface area (Å²) in [7, 11) is 1.65. The van der Waals surface area contributed by atoms with Gasteiger partial charge >= 0.3 is 0 Å². The summed E-state index contributed by atoms with van der Waals surface area (Å²) < 4.78 is 10.8. The summed E-state index contributed by atoms with van der Waals surface area (Å²) in [5, 5.41) is 0.963. The number of thiazole rings is 1. The van der Waals surface area contributed by atoms with Crippen molar-refractivity contribution in [2.24, 2.45) is 5.73 Å². The molecule has 1 atom stereocenters. The first-order chi connectivity index (χ1) is 9.63. The predicted molar refractivity (Wildman–Crippen MR) is 81.4 cm³/mol. The van der Waals surface area contributed by atoms with Crippen LogP contribution >= 0.6 is 11.3 Å². The lowest BCUT2D eigenvalue weighted by molar-refractivity contribution is 0.304. The Morgan fingerprint density at radius 1 is 1.25 bits per heavy atom. The molecule has 2 aromatic rings. The fraction of sp³-hybridized carbons (Fsp3) is 0.400. The van der Waals surface area contributed by atoms with Crippen molar-refractivity contribution in [2.45, 2.75) is 32.9 Å². The van der Waals surface area contributed by atoms with E-state index in [1.54, 1.807) is 18.4 Å². The standard InChI is InChI=1S/C15H20N2O2S/c1-4-13-15(10(2)16)20-14(17-13)9-19-12-7-5-11(18-3)6-8-12/h5-8,10H,4,9,16H2,1-3H3. The molecular weight excluding hydrogens is 272 g/mol. The second-order valence-corrected chi connectivity index (χ2v) is 5.64. The number of methoxy groups -OCH3 is 1. The third-order valence-corrected chi connectivity index (χ3v) is 4.21. The summed E-state index contributed by atoms with van der Waals surface area (Å²) in [5.74, 6) is 1.63. The van der Waals surface area contributed by atoms with E-state index >= 15 is 0 Å². The summed E-state index contributed by atoms with van der Waals surface area (Å²) in [6, 6.07) is 7.56. The van der Waals surface area contributed by atoms with E-state index in [0.29, 0.717) is 6.61 Å². The molecule has 5 heteroatoms. The zero-order valence-corrected chi connectivity index (χ0v) is 12.9. The Balaban J connectivity index is 2.02. The van der Waals surface area contributed by atoms with Crippen LogP contribution in [0.25, 0.3) is 0 Å². The van der Waals surface area contributed by atoms with Gasteiger partial charge in [-0.25, -0.2) is 4.98 Å². The van der Waals surface area contributed by atoms with E-state index in [0.717, 1.165) is 33.5 Å². The van der Waals surface area contributed by atoms with Crippen molar-refractivity contribution in [3.8, 4) is 11.5 Å². The number of benzene rings is 1. The van der Waals surface area contributed by atoms with Gasteiger partial charge < -0.3 is 15.2 Å². The van der Waals surface area contributed by atoms with Gasteiger partial charge in [-0.05, 0) is 37.6 Å². The number of ether oxygens (including phenoxy) is 2. The molecule has 0 saturated carbocycles. The number of hydrogen-bond acceptors (Lipinski definition) is 5. The van der Waals surface area contributed by atoms with Gasteiger partial charge in [0.05, 0.1) is 12.8 Å². The summed E-state index contributed by atoms with van der Waals surface area (Å²) in [6.45, 7) is 4.55. The van der Waals surface area contributed by atoms with Crippen molar-refractivity contribution in [3.63, 3.8) is 0 Å². The van der Waals surface area contributed by atoms with E-state index in [1.165, 1.54) is 0 Å². The second-order valence-electron chi connectivity index (χ2n) is 4.52. The summed E-state index contributed by atoms with van der Waals surface area (Å²) >= 11 is 1.63. The molecule has 0 bridgehead atoms. The van der Waals surface area contributed by atoms with Gasteiger partial charge in [0, 0.05) is 10.9 Å². The molecule has 20 heavy (non-hydrogen) atoms. The van der Waals surface area contributed by atoms with E-state index in [2.05, 4.69) is 11.9 Å². The lowest BCUT2D eigenvalue weighted by Gasteiger charge is -2.05. The highest BCUT2D eigenvalue weighted by Crippen LogP contribution is 2.26. The van der Waals surface area contributed by atoms with Crippen LogP contribution in [0.5, 0.6) is 11.5 Å². The fourth-order valence-electron chi connectivity index (χ4n) is 1.90. The summed E-state index contributed by atoms with van der Waals surface area (Å²) in [5.41, 5.74) is 7.04. The third kappa shape index (κ3) is 3.49. The quantitative estimate of drug-likeness (QED) is 0.887. The number of rotatable bonds is 6. The molecule has 4 nitrogen and oxygen atoms in total. The minimum atomic E-state index is 0.0252. The molecule has 0 aliphatic heterocycles. The van der Waals surface area contributed by atoms with E-state index < -0.39 is 0 Å². The third-order valence-electron chi connectivity index (χ3n) is 2.94. The minimum absolute atomic E-state index is 0.0252. The Kier molecular flexibility index (Phi) is 4.98. The molecule has 0 saturated heterocycles. The predicted octanol–water partition coefficient (Wildman–Crippen LogP) is 3.31. The van der Waals surface area contributed by atoms with Crippen LogP contribution in [0.1, 0.15) is 35.5 Å². The van der Waals surface area contributed by atoms with E-state index in [9.17, 15) is 0 Å². The molecule has 2 rings (SSSR count). The average molecular weight is 292 g/mol. The van der Waals surface area contributed by atoms with Gasteiger partial charge in [0.2, 0.25) is 0 Å². The molecule has 0 fully saturated rings. The Bertz CT molecular complexity index is 550. The molecule has 0 aliphatic rings. The van der Waals surface area contributed by atoms with Crippen LogP contribution < -0.4 is 15.2 Å². The van der Waals surface area contributed by atoms with Gasteiger partial charge in [-0.1, -0.05) is 6.92 Å². The highest BCUT2D eigenvalue weighted by atomic mass is 32.1. The molecule has 2 N–H and O–H groups in total. The van der Waals surface area contributed by atoms with Crippen LogP contribution in [0, 0.1) is 0 Å². The number of nitrogens with zero attached hydrogens (tertiary/aromatic N) is 1. The van der Waals surface area contributed by atoms with Crippen LogP contribution in [-0.4, -0.2) is 12.1 Å². The fourth-order valence-corrected chi connectivity index (χ4v) is 2.92. The monoisotopic (exact) mass is 292 g/mol. The van der Waals surface area contributed by atoms with Gasteiger partial charge in [-0.2, -0.15) is 0 Å². The SMILES string of the molecule is CCc1nc(COc2ccc(OC)cc2)sc1C(C)N. The summed E-state index contributed by atoms with van der Waals surface area (Å²) in [4.78, 5) is 5.74. The zero-order chi connectivity index (χ0) is 14.5. The van der Waals surface area contributed by atoms with Crippen LogP contribution in [0.3, 0.4) is 0 Å². The Hall–Kier alpha value is -1.59.